The lowest BCUT2D eigenvalue weighted by molar-refractivity contribution is -0.908. The zero-order valence-electron chi connectivity index (χ0n) is 24.3. The predicted octanol–water partition coefficient (Wildman–Crippen LogP) is 2.50. The van der Waals surface area contributed by atoms with Gasteiger partial charge in [-0.15, -0.1) is 0 Å². The molecule has 0 spiro atoms. The van der Waals surface area contributed by atoms with E-state index in [0.717, 1.165) is 50.4 Å². The molecule has 2 fully saturated rings. The van der Waals surface area contributed by atoms with Crippen molar-refractivity contribution in [2.45, 2.75) is 32.9 Å². The number of quaternary nitrogens is 1. The normalized spacial score (nSPS) is 18.8. The van der Waals surface area contributed by atoms with Gasteiger partial charge >= 0.3 is 0 Å². The van der Waals surface area contributed by atoms with Gasteiger partial charge in [0, 0.05) is 18.5 Å². The Labute approximate surface area is 247 Å². The molecule has 0 radical (unpaired) electrons. The Bertz CT molecular complexity index is 1410. The minimum Gasteiger partial charge on any atom is -0.872 e. The van der Waals surface area contributed by atoms with Gasteiger partial charge in [0.25, 0.3) is 5.91 Å². The third-order valence-electron chi connectivity index (χ3n) is 7.84. The van der Waals surface area contributed by atoms with Gasteiger partial charge in [0.05, 0.1) is 32.4 Å². The van der Waals surface area contributed by atoms with Crippen LogP contribution in [0.25, 0.3) is 5.76 Å². The van der Waals surface area contributed by atoms with Crippen molar-refractivity contribution in [1.82, 2.24) is 4.90 Å². The average Bonchev–Trinajstić information content (AvgIpc) is 3.27. The van der Waals surface area contributed by atoms with Crippen molar-refractivity contribution in [3.63, 3.8) is 0 Å². The van der Waals surface area contributed by atoms with Crippen molar-refractivity contribution >= 4 is 17.4 Å². The number of hydrogen-bond acceptors (Lipinski definition) is 6. The van der Waals surface area contributed by atoms with Gasteiger partial charge in [-0.1, -0.05) is 54.3 Å². The summed E-state index contributed by atoms with van der Waals surface area (Å²) in [7, 11) is 0. The number of hydrogen-bond donors (Lipinski definition) is 1. The SMILES string of the molecule is CCOc1ccc(C2C(=C([O-])c3ccc(OCc4ccccc4)c(C)c3)C(=O)C(=O)N2CCC[NH+]2CCOCC2)cc1. The highest BCUT2D eigenvalue weighted by Crippen LogP contribution is 2.39. The van der Waals surface area contributed by atoms with E-state index in [1.807, 2.05) is 68.4 Å². The number of ether oxygens (including phenoxy) is 3. The van der Waals surface area contributed by atoms with Gasteiger partial charge in [-0.25, -0.2) is 0 Å². The molecule has 220 valence electrons. The number of nitrogens with zero attached hydrogens (tertiary/aromatic N) is 1. The highest BCUT2D eigenvalue weighted by Gasteiger charge is 2.44. The largest absolute Gasteiger partial charge is 0.872 e. The Morgan fingerprint density at radius 2 is 1.74 bits per heavy atom. The molecule has 0 aromatic heterocycles. The average molecular weight is 571 g/mol. The molecular weight excluding hydrogens is 532 g/mol. The fourth-order valence-corrected chi connectivity index (χ4v) is 5.61. The number of carbonyl (C=O) groups excluding carboxylic acids is 2. The van der Waals surface area contributed by atoms with E-state index < -0.39 is 23.5 Å². The zero-order chi connectivity index (χ0) is 29.5. The van der Waals surface area contributed by atoms with Crippen molar-refractivity contribution in [1.29, 1.82) is 0 Å². The molecule has 3 aromatic rings. The van der Waals surface area contributed by atoms with Crippen LogP contribution in [0.15, 0.2) is 78.4 Å². The first-order valence-corrected chi connectivity index (χ1v) is 14.6. The minimum absolute atomic E-state index is 0.0137. The number of likely N-dealkylation sites (tertiary alicyclic amines) is 1. The third kappa shape index (κ3) is 6.66. The first-order valence-electron chi connectivity index (χ1n) is 14.6. The molecule has 2 aliphatic heterocycles. The van der Waals surface area contributed by atoms with Crippen LogP contribution in [-0.4, -0.2) is 62.6 Å². The van der Waals surface area contributed by atoms with Crippen LogP contribution in [0.3, 0.4) is 0 Å². The summed E-state index contributed by atoms with van der Waals surface area (Å²) in [4.78, 5) is 29.8. The van der Waals surface area contributed by atoms with Crippen LogP contribution < -0.4 is 19.5 Å². The van der Waals surface area contributed by atoms with E-state index in [1.54, 1.807) is 23.1 Å². The number of carbonyl (C=O) groups is 2. The molecule has 0 aliphatic carbocycles. The topological polar surface area (TPSA) is 92.6 Å². The second-order valence-electron chi connectivity index (χ2n) is 10.7. The van der Waals surface area contributed by atoms with E-state index in [9.17, 15) is 14.7 Å². The number of morpholine rings is 1. The minimum atomic E-state index is -0.762. The van der Waals surface area contributed by atoms with Crippen molar-refractivity contribution in [2.75, 3.05) is 46.0 Å². The highest BCUT2D eigenvalue weighted by atomic mass is 16.5. The van der Waals surface area contributed by atoms with Crippen LogP contribution >= 0.6 is 0 Å². The summed E-state index contributed by atoms with van der Waals surface area (Å²) in [5, 5.41) is 13.9. The monoisotopic (exact) mass is 570 g/mol. The lowest BCUT2D eigenvalue weighted by Gasteiger charge is -2.29. The molecule has 8 heteroatoms. The first-order chi connectivity index (χ1) is 20.5. The fraction of sp³-hybridized carbons (Fsp3) is 0.353. The molecule has 0 saturated carbocycles. The van der Waals surface area contributed by atoms with Crippen LogP contribution in [0.1, 0.15) is 41.6 Å². The van der Waals surface area contributed by atoms with E-state index in [0.29, 0.717) is 42.4 Å². The molecule has 2 aliphatic rings. The summed E-state index contributed by atoms with van der Waals surface area (Å²) < 4.78 is 17.0. The first kappa shape index (κ1) is 29.4. The highest BCUT2D eigenvalue weighted by molar-refractivity contribution is 6.46. The van der Waals surface area contributed by atoms with Gasteiger partial charge in [-0.3, -0.25) is 9.59 Å². The second kappa shape index (κ2) is 13.7. The molecule has 1 N–H and O–H groups in total. The Hall–Kier alpha value is -4.14. The van der Waals surface area contributed by atoms with Crippen LogP contribution in [-0.2, 0) is 20.9 Å². The van der Waals surface area contributed by atoms with Gasteiger partial charge in [0.1, 0.15) is 31.2 Å². The summed E-state index contributed by atoms with van der Waals surface area (Å²) in [6.07, 6.45) is 0.718. The summed E-state index contributed by atoms with van der Waals surface area (Å²) in [6, 6.07) is 21.5. The van der Waals surface area contributed by atoms with E-state index in [4.69, 9.17) is 14.2 Å². The Morgan fingerprint density at radius 1 is 1.00 bits per heavy atom. The maximum atomic E-state index is 13.9. The summed E-state index contributed by atoms with van der Waals surface area (Å²) in [5.41, 5.74) is 2.86. The molecule has 42 heavy (non-hydrogen) atoms. The van der Waals surface area contributed by atoms with Crippen LogP contribution in [0.2, 0.25) is 0 Å². The molecule has 2 heterocycles. The number of rotatable bonds is 11. The predicted molar refractivity (Wildman–Crippen MR) is 157 cm³/mol. The number of aryl methyl sites for hydroxylation is 1. The molecule has 0 bridgehead atoms. The number of nitrogens with one attached hydrogen (secondary N) is 1. The Balaban J connectivity index is 1.42. The van der Waals surface area contributed by atoms with Crippen molar-refractivity contribution in [3.05, 3.63) is 101 Å². The lowest BCUT2D eigenvalue weighted by Crippen LogP contribution is -3.14. The third-order valence-corrected chi connectivity index (χ3v) is 7.84. The van der Waals surface area contributed by atoms with Gasteiger partial charge in [-0.2, -0.15) is 0 Å². The van der Waals surface area contributed by atoms with Gasteiger partial charge in [0.15, 0.2) is 0 Å². The fourth-order valence-electron chi connectivity index (χ4n) is 5.61. The van der Waals surface area contributed by atoms with Crippen molar-refractivity contribution in [3.8, 4) is 11.5 Å². The standard InChI is InChI=1S/C34H38N2O6/c1-3-41-28-13-10-26(11-14-28)31-30(33(38)34(39)36(31)17-7-16-35-18-20-40-21-19-35)32(37)27-12-15-29(24(2)22-27)42-23-25-8-5-4-6-9-25/h4-6,8-15,22,31,37H,3,7,16-21,23H2,1-2H3. The molecule has 5 rings (SSSR count). The number of ketones is 1. The molecule has 1 atom stereocenters. The molecule has 3 aromatic carbocycles. The van der Waals surface area contributed by atoms with Gasteiger partial charge in [0.2, 0.25) is 5.78 Å². The van der Waals surface area contributed by atoms with Crippen LogP contribution in [0.4, 0.5) is 0 Å². The number of amides is 1. The van der Waals surface area contributed by atoms with Crippen LogP contribution in [0, 0.1) is 6.92 Å². The lowest BCUT2D eigenvalue weighted by atomic mass is 9.94. The zero-order valence-corrected chi connectivity index (χ0v) is 24.3. The number of benzene rings is 3. The van der Waals surface area contributed by atoms with Crippen molar-refractivity contribution in [2.24, 2.45) is 0 Å². The van der Waals surface area contributed by atoms with E-state index in [2.05, 4.69) is 0 Å². The molecular formula is C34H38N2O6. The van der Waals surface area contributed by atoms with E-state index in [-0.39, 0.29) is 5.57 Å². The molecule has 2 saturated heterocycles. The van der Waals surface area contributed by atoms with Gasteiger partial charge < -0.3 is 29.1 Å². The second-order valence-corrected chi connectivity index (χ2v) is 10.7. The maximum Gasteiger partial charge on any atom is 0.295 e. The van der Waals surface area contributed by atoms with Crippen LogP contribution in [0.5, 0.6) is 11.5 Å². The van der Waals surface area contributed by atoms with Crippen molar-refractivity contribution < 1.29 is 33.8 Å². The summed E-state index contributed by atoms with van der Waals surface area (Å²) in [6.45, 7) is 9.26. The summed E-state index contributed by atoms with van der Waals surface area (Å²) in [5.74, 6) is -0.460. The van der Waals surface area contributed by atoms with Gasteiger partial charge in [-0.05, 0) is 60.4 Å². The summed E-state index contributed by atoms with van der Waals surface area (Å²) >= 11 is 0. The Morgan fingerprint density at radius 3 is 2.43 bits per heavy atom. The smallest absolute Gasteiger partial charge is 0.295 e. The van der Waals surface area contributed by atoms with E-state index in [1.165, 1.54) is 4.90 Å². The van der Waals surface area contributed by atoms with E-state index >= 15 is 0 Å². The quantitative estimate of drug-likeness (QED) is 0.216. The Kier molecular flexibility index (Phi) is 9.56. The maximum absolute atomic E-state index is 13.9. The molecule has 1 amide bonds. The number of Topliss-reactive ketones (excluding diaryl/α,β-unsaturated/α-hetero) is 1. The molecule has 8 nitrogen and oxygen atoms in total. The molecule has 1 unspecified atom stereocenters.